The predicted molar refractivity (Wildman–Crippen MR) is 77.6 cm³/mol. The molecule has 0 heterocycles. The molecule has 0 saturated heterocycles. The molecular weight excluding hydrogens is 240 g/mol. The van der Waals surface area contributed by atoms with Crippen molar-refractivity contribution in [2.45, 2.75) is 40.0 Å². The molecule has 0 aliphatic carbocycles. The van der Waals surface area contributed by atoms with Gasteiger partial charge < -0.3 is 9.84 Å². The summed E-state index contributed by atoms with van der Waals surface area (Å²) in [4.78, 5) is 10.8. The summed E-state index contributed by atoms with van der Waals surface area (Å²) >= 11 is 0. The van der Waals surface area contributed by atoms with E-state index in [0.717, 1.165) is 40.9 Å². The van der Waals surface area contributed by atoms with Gasteiger partial charge in [0.2, 0.25) is 0 Å². The number of aryl methyl sites for hydroxylation is 2. The summed E-state index contributed by atoms with van der Waals surface area (Å²) < 4.78 is 5.48. The molecule has 1 rings (SSSR count). The molecule has 0 atom stereocenters. The molecule has 0 aliphatic rings. The van der Waals surface area contributed by atoms with Gasteiger partial charge in [0.15, 0.2) is 0 Å². The number of hydrogen-bond donors (Lipinski definition) is 1. The van der Waals surface area contributed by atoms with Gasteiger partial charge in [-0.15, -0.1) is 0 Å². The van der Waals surface area contributed by atoms with Crippen molar-refractivity contribution in [1.29, 1.82) is 0 Å². The first-order valence-corrected chi connectivity index (χ1v) is 6.56. The van der Waals surface area contributed by atoms with E-state index in [9.17, 15) is 4.79 Å². The van der Waals surface area contributed by atoms with Crippen LogP contribution in [0.4, 0.5) is 0 Å². The first-order chi connectivity index (χ1) is 8.99. The Hall–Kier alpha value is -1.77. The van der Waals surface area contributed by atoms with Crippen molar-refractivity contribution in [3.8, 4) is 5.75 Å². The molecule has 0 bridgehead atoms. The van der Waals surface area contributed by atoms with Crippen molar-refractivity contribution in [2.24, 2.45) is 0 Å². The lowest BCUT2D eigenvalue weighted by Gasteiger charge is -2.15. The number of rotatable bonds is 6. The normalized spacial score (nSPS) is 11.5. The highest BCUT2D eigenvalue weighted by molar-refractivity contribution is 5.77. The van der Waals surface area contributed by atoms with E-state index >= 15 is 0 Å². The second kappa shape index (κ2) is 6.98. The Morgan fingerprint density at radius 1 is 1.37 bits per heavy atom. The highest BCUT2D eigenvalue weighted by atomic mass is 16.5. The van der Waals surface area contributed by atoms with Gasteiger partial charge in [0, 0.05) is 5.56 Å². The lowest BCUT2D eigenvalue weighted by Crippen LogP contribution is -1.98. The molecule has 19 heavy (non-hydrogen) atoms. The van der Waals surface area contributed by atoms with E-state index in [4.69, 9.17) is 9.84 Å². The Kier molecular flexibility index (Phi) is 5.61. The van der Waals surface area contributed by atoms with Crippen LogP contribution in [-0.4, -0.2) is 18.2 Å². The molecule has 0 saturated carbocycles. The summed E-state index contributed by atoms with van der Waals surface area (Å²) in [6.07, 6.45) is 3.67. The van der Waals surface area contributed by atoms with Crippen LogP contribution in [0.5, 0.6) is 5.75 Å². The fourth-order valence-electron chi connectivity index (χ4n) is 2.29. The Balaban J connectivity index is 3.28. The van der Waals surface area contributed by atoms with Gasteiger partial charge in [-0.25, -0.2) is 0 Å². The van der Waals surface area contributed by atoms with E-state index in [1.165, 1.54) is 0 Å². The molecule has 0 aromatic heterocycles. The van der Waals surface area contributed by atoms with Gasteiger partial charge in [0.05, 0.1) is 13.5 Å². The minimum atomic E-state index is -0.808. The maximum Gasteiger partial charge on any atom is 0.307 e. The van der Waals surface area contributed by atoms with Crippen LogP contribution in [-0.2, 0) is 4.79 Å². The number of ether oxygens (including phenoxy) is 1. The lowest BCUT2D eigenvalue weighted by molar-refractivity contribution is -0.135. The Morgan fingerprint density at radius 2 is 2.05 bits per heavy atom. The number of hydrogen-bond acceptors (Lipinski definition) is 2. The highest BCUT2D eigenvalue weighted by Gasteiger charge is 2.12. The minimum Gasteiger partial charge on any atom is -0.496 e. The summed E-state index contributed by atoms with van der Waals surface area (Å²) in [6.45, 7) is 6.14. The zero-order valence-electron chi connectivity index (χ0n) is 12.1. The molecule has 1 N–H and O–H groups in total. The van der Waals surface area contributed by atoms with Gasteiger partial charge in [0.1, 0.15) is 5.75 Å². The number of carbonyl (C=O) groups is 1. The average Bonchev–Trinajstić information content (AvgIpc) is 2.33. The molecule has 0 fully saturated rings. The molecule has 104 valence electrons. The quantitative estimate of drug-likeness (QED) is 0.843. The third kappa shape index (κ3) is 4.12. The SMILES string of the molecule is CCC/C(=C\CC(=O)O)c1cc(C)cc(C)c1OC. The molecule has 1 aromatic carbocycles. The summed E-state index contributed by atoms with van der Waals surface area (Å²) in [5.41, 5.74) is 4.30. The summed E-state index contributed by atoms with van der Waals surface area (Å²) in [6, 6.07) is 4.14. The third-order valence-corrected chi connectivity index (χ3v) is 3.01. The van der Waals surface area contributed by atoms with Gasteiger partial charge in [-0.05, 0) is 43.0 Å². The maximum atomic E-state index is 10.8. The first-order valence-electron chi connectivity index (χ1n) is 6.56. The molecule has 3 nitrogen and oxygen atoms in total. The number of carboxylic acids is 1. The van der Waals surface area contributed by atoms with Gasteiger partial charge in [-0.3, -0.25) is 4.79 Å². The van der Waals surface area contributed by atoms with Gasteiger partial charge in [-0.2, -0.15) is 0 Å². The van der Waals surface area contributed by atoms with Crippen molar-refractivity contribution in [3.63, 3.8) is 0 Å². The summed E-state index contributed by atoms with van der Waals surface area (Å²) in [5, 5.41) is 8.84. The maximum absolute atomic E-state index is 10.8. The number of benzene rings is 1. The fraction of sp³-hybridized carbons (Fsp3) is 0.438. The zero-order chi connectivity index (χ0) is 14.4. The zero-order valence-corrected chi connectivity index (χ0v) is 12.1. The van der Waals surface area contributed by atoms with Crippen molar-refractivity contribution in [2.75, 3.05) is 7.11 Å². The standard InChI is InChI=1S/C16H22O3/c1-5-6-13(7-8-15(17)18)14-10-11(2)9-12(3)16(14)19-4/h7,9-10H,5-6,8H2,1-4H3,(H,17,18)/b13-7+. The van der Waals surface area contributed by atoms with Gasteiger partial charge in [-0.1, -0.05) is 25.5 Å². The fourth-order valence-corrected chi connectivity index (χ4v) is 2.29. The number of allylic oxidation sites excluding steroid dienone is 1. The minimum absolute atomic E-state index is 0.0471. The van der Waals surface area contributed by atoms with Crippen molar-refractivity contribution in [1.82, 2.24) is 0 Å². The van der Waals surface area contributed by atoms with Gasteiger partial charge >= 0.3 is 5.97 Å². The Labute approximate surface area is 114 Å². The van der Waals surface area contributed by atoms with Crippen LogP contribution in [0.2, 0.25) is 0 Å². The van der Waals surface area contributed by atoms with E-state index in [1.807, 2.05) is 13.8 Å². The van der Waals surface area contributed by atoms with Crippen LogP contribution in [0.3, 0.4) is 0 Å². The van der Waals surface area contributed by atoms with Crippen molar-refractivity contribution >= 4 is 11.5 Å². The molecular formula is C16H22O3. The van der Waals surface area contributed by atoms with E-state index in [1.54, 1.807) is 13.2 Å². The largest absolute Gasteiger partial charge is 0.496 e. The lowest BCUT2D eigenvalue weighted by atomic mass is 9.95. The van der Waals surface area contributed by atoms with Crippen LogP contribution in [0.25, 0.3) is 5.57 Å². The third-order valence-electron chi connectivity index (χ3n) is 3.01. The molecule has 3 heteroatoms. The van der Waals surface area contributed by atoms with Crippen LogP contribution in [0.1, 0.15) is 42.9 Å². The van der Waals surface area contributed by atoms with E-state index < -0.39 is 5.97 Å². The molecule has 0 spiro atoms. The smallest absolute Gasteiger partial charge is 0.307 e. The number of methoxy groups -OCH3 is 1. The van der Waals surface area contributed by atoms with Crippen molar-refractivity contribution in [3.05, 3.63) is 34.9 Å². The average molecular weight is 262 g/mol. The molecule has 1 aromatic rings. The Bertz CT molecular complexity index is 487. The molecule has 0 radical (unpaired) electrons. The number of carboxylic acid groups (broad SMARTS) is 1. The van der Waals surface area contributed by atoms with E-state index in [-0.39, 0.29) is 6.42 Å². The Morgan fingerprint density at radius 3 is 2.58 bits per heavy atom. The molecule has 0 unspecified atom stereocenters. The highest BCUT2D eigenvalue weighted by Crippen LogP contribution is 2.33. The second-order valence-corrected chi connectivity index (χ2v) is 4.74. The van der Waals surface area contributed by atoms with E-state index in [2.05, 4.69) is 19.1 Å². The number of aliphatic carboxylic acids is 1. The molecule has 0 amide bonds. The van der Waals surface area contributed by atoms with Crippen LogP contribution >= 0.6 is 0 Å². The van der Waals surface area contributed by atoms with Crippen molar-refractivity contribution < 1.29 is 14.6 Å². The monoisotopic (exact) mass is 262 g/mol. The van der Waals surface area contributed by atoms with Crippen LogP contribution in [0, 0.1) is 13.8 Å². The molecule has 0 aliphatic heterocycles. The van der Waals surface area contributed by atoms with Gasteiger partial charge in [0.25, 0.3) is 0 Å². The topological polar surface area (TPSA) is 46.5 Å². The van der Waals surface area contributed by atoms with Crippen LogP contribution < -0.4 is 4.74 Å². The van der Waals surface area contributed by atoms with E-state index in [0.29, 0.717) is 0 Å². The summed E-state index contributed by atoms with van der Waals surface area (Å²) in [7, 11) is 1.65. The second-order valence-electron chi connectivity index (χ2n) is 4.74. The van der Waals surface area contributed by atoms with Crippen LogP contribution in [0.15, 0.2) is 18.2 Å². The first kappa shape index (κ1) is 15.3. The predicted octanol–water partition coefficient (Wildman–Crippen LogP) is 3.97. The summed E-state index contributed by atoms with van der Waals surface area (Å²) in [5.74, 6) is 0.0348.